The lowest BCUT2D eigenvalue weighted by Crippen LogP contribution is -2.03. The van der Waals surface area contributed by atoms with E-state index in [1.54, 1.807) is 6.07 Å². The molecule has 0 radical (unpaired) electrons. The van der Waals surface area contributed by atoms with Crippen molar-refractivity contribution in [3.63, 3.8) is 0 Å². The van der Waals surface area contributed by atoms with E-state index in [0.717, 1.165) is 5.56 Å². The summed E-state index contributed by atoms with van der Waals surface area (Å²) in [7, 11) is 0. The maximum absolute atomic E-state index is 10.6. The van der Waals surface area contributed by atoms with Crippen molar-refractivity contribution < 1.29 is 9.53 Å². The van der Waals surface area contributed by atoms with E-state index in [0.29, 0.717) is 11.6 Å². The third-order valence-electron chi connectivity index (χ3n) is 1.52. The SMILES string of the molecule is CC(=O)COCc1ccccc1Cl. The molecule has 3 heteroatoms. The van der Waals surface area contributed by atoms with Crippen LogP contribution in [0, 0.1) is 0 Å². The number of rotatable bonds is 4. The highest BCUT2D eigenvalue weighted by Gasteiger charge is 1.99. The summed E-state index contributed by atoms with van der Waals surface area (Å²) in [4.78, 5) is 10.6. The fourth-order valence-corrected chi connectivity index (χ4v) is 1.11. The molecule has 13 heavy (non-hydrogen) atoms. The highest BCUT2D eigenvalue weighted by molar-refractivity contribution is 6.31. The van der Waals surface area contributed by atoms with Gasteiger partial charge in [-0.2, -0.15) is 0 Å². The molecule has 0 unspecified atom stereocenters. The third kappa shape index (κ3) is 3.57. The van der Waals surface area contributed by atoms with Crippen LogP contribution in [0.4, 0.5) is 0 Å². The summed E-state index contributed by atoms with van der Waals surface area (Å²) in [5.41, 5.74) is 0.908. The first kappa shape index (κ1) is 10.2. The Hall–Kier alpha value is -0.860. The van der Waals surface area contributed by atoms with E-state index >= 15 is 0 Å². The Labute approximate surface area is 82.5 Å². The van der Waals surface area contributed by atoms with Crippen LogP contribution in [0.2, 0.25) is 5.02 Å². The molecule has 0 amide bonds. The van der Waals surface area contributed by atoms with Crippen LogP contribution in [0.15, 0.2) is 24.3 Å². The van der Waals surface area contributed by atoms with Crippen molar-refractivity contribution in [1.29, 1.82) is 0 Å². The third-order valence-corrected chi connectivity index (χ3v) is 1.89. The van der Waals surface area contributed by atoms with Gasteiger partial charge in [-0.25, -0.2) is 0 Å². The maximum atomic E-state index is 10.6. The fraction of sp³-hybridized carbons (Fsp3) is 0.300. The van der Waals surface area contributed by atoms with E-state index in [-0.39, 0.29) is 12.4 Å². The predicted molar refractivity (Wildman–Crippen MR) is 51.8 cm³/mol. The minimum Gasteiger partial charge on any atom is -0.369 e. The highest BCUT2D eigenvalue weighted by atomic mass is 35.5. The van der Waals surface area contributed by atoms with Crippen LogP contribution in [0.5, 0.6) is 0 Å². The lowest BCUT2D eigenvalue weighted by Gasteiger charge is -2.03. The zero-order valence-electron chi connectivity index (χ0n) is 7.42. The standard InChI is InChI=1S/C10H11ClO2/c1-8(12)6-13-7-9-4-2-3-5-10(9)11/h2-5H,6-7H2,1H3. The number of hydrogen-bond acceptors (Lipinski definition) is 2. The van der Waals surface area contributed by atoms with Gasteiger partial charge in [0.25, 0.3) is 0 Å². The van der Waals surface area contributed by atoms with Crippen molar-refractivity contribution in [3.05, 3.63) is 34.9 Å². The lowest BCUT2D eigenvalue weighted by molar-refractivity contribution is -0.121. The number of ketones is 1. The van der Waals surface area contributed by atoms with E-state index in [1.807, 2.05) is 18.2 Å². The molecule has 0 fully saturated rings. The Morgan fingerprint density at radius 3 is 2.77 bits per heavy atom. The van der Waals surface area contributed by atoms with Gasteiger partial charge in [-0.05, 0) is 18.6 Å². The first-order chi connectivity index (χ1) is 6.20. The molecular weight excluding hydrogens is 188 g/mol. The molecule has 2 nitrogen and oxygen atoms in total. The molecule has 1 aromatic rings. The van der Waals surface area contributed by atoms with Gasteiger partial charge in [0.1, 0.15) is 6.61 Å². The predicted octanol–water partition coefficient (Wildman–Crippen LogP) is 2.45. The van der Waals surface area contributed by atoms with Crippen LogP contribution >= 0.6 is 11.6 Å². The van der Waals surface area contributed by atoms with Crippen molar-refractivity contribution in [2.24, 2.45) is 0 Å². The summed E-state index contributed by atoms with van der Waals surface area (Å²) in [6.07, 6.45) is 0. The Morgan fingerprint density at radius 2 is 2.15 bits per heavy atom. The van der Waals surface area contributed by atoms with E-state index in [9.17, 15) is 4.79 Å². The van der Waals surface area contributed by atoms with E-state index in [4.69, 9.17) is 16.3 Å². The molecule has 0 saturated heterocycles. The van der Waals surface area contributed by atoms with Crippen LogP contribution < -0.4 is 0 Å². The average Bonchev–Trinajstić information content (AvgIpc) is 2.08. The molecule has 0 heterocycles. The molecule has 0 aromatic heterocycles. The summed E-state index contributed by atoms with van der Waals surface area (Å²) < 4.78 is 5.13. The number of carbonyl (C=O) groups excluding carboxylic acids is 1. The number of carbonyl (C=O) groups is 1. The Bertz CT molecular complexity index is 297. The molecule has 1 aromatic carbocycles. The van der Waals surface area contributed by atoms with Gasteiger partial charge in [-0.15, -0.1) is 0 Å². The average molecular weight is 199 g/mol. The first-order valence-corrected chi connectivity index (χ1v) is 4.38. The summed E-state index contributed by atoms with van der Waals surface area (Å²) in [6, 6.07) is 7.42. The van der Waals surface area contributed by atoms with Crippen LogP contribution in [0.1, 0.15) is 12.5 Å². The number of benzene rings is 1. The minimum absolute atomic E-state index is 0.0204. The van der Waals surface area contributed by atoms with Gasteiger partial charge < -0.3 is 4.74 Å². The largest absolute Gasteiger partial charge is 0.369 e. The van der Waals surface area contributed by atoms with Gasteiger partial charge in [0.2, 0.25) is 0 Å². The van der Waals surface area contributed by atoms with E-state index < -0.39 is 0 Å². The molecule has 70 valence electrons. The van der Waals surface area contributed by atoms with Gasteiger partial charge in [0.15, 0.2) is 5.78 Å². The maximum Gasteiger partial charge on any atom is 0.155 e. The lowest BCUT2D eigenvalue weighted by atomic mass is 10.2. The molecule has 0 aliphatic heterocycles. The van der Waals surface area contributed by atoms with Crippen molar-refractivity contribution in [2.45, 2.75) is 13.5 Å². The Balaban J connectivity index is 2.45. The van der Waals surface area contributed by atoms with E-state index in [2.05, 4.69) is 0 Å². The normalized spacial score (nSPS) is 10.0. The van der Waals surface area contributed by atoms with Crippen LogP contribution in [-0.2, 0) is 16.1 Å². The molecule has 0 bridgehead atoms. The first-order valence-electron chi connectivity index (χ1n) is 4.00. The number of hydrogen-bond donors (Lipinski definition) is 0. The monoisotopic (exact) mass is 198 g/mol. The second-order valence-corrected chi connectivity index (χ2v) is 3.19. The van der Waals surface area contributed by atoms with Crippen LogP contribution in [0.3, 0.4) is 0 Å². The summed E-state index contributed by atoms with van der Waals surface area (Å²) in [5.74, 6) is 0.0204. The van der Waals surface area contributed by atoms with Crippen LogP contribution in [-0.4, -0.2) is 12.4 Å². The molecule has 0 N–H and O–H groups in total. The molecular formula is C10H11ClO2. The zero-order valence-corrected chi connectivity index (χ0v) is 8.17. The van der Waals surface area contributed by atoms with Crippen molar-refractivity contribution in [3.8, 4) is 0 Å². The molecule has 0 spiro atoms. The van der Waals surface area contributed by atoms with Crippen LogP contribution in [0.25, 0.3) is 0 Å². The van der Waals surface area contributed by atoms with E-state index in [1.165, 1.54) is 6.92 Å². The number of halogens is 1. The topological polar surface area (TPSA) is 26.3 Å². The molecule has 1 rings (SSSR count). The molecule has 0 atom stereocenters. The van der Waals surface area contributed by atoms with Gasteiger partial charge in [0, 0.05) is 5.02 Å². The Kier molecular flexibility index (Phi) is 3.93. The Morgan fingerprint density at radius 1 is 1.46 bits per heavy atom. The molecule has 0 saturated carbocycles. The van der Waals surface area contributed by atoms with Gasteiger partial charge in [-0.3, -0.25) is 4.79 Å². The summed E-state index contributed by atoms with van der Waals surface area (Å²) in [5, 5.41) is 0.672. The van der Waals surface area contributed by atoms with Gasteiger partial charge in [0.05, 0.1) is 6.61 Å². The second-order valence-electron chi connectivity index (χ2n) is 2.79. The van der Waals surface area contributed by atoms with Gasteiger partial charge in [-0.1, -0.05) is 29.8 Å². The second kappa shape index (κ2) is 5.00. The summed E-state index contributed by atoms with van der Waals surface area (Å²) >= 11 is 5.87. The smallest absolute Gasteiger partial charge is 0.155 e. The van der Waals surface area contributed by atoms with Crippen molar-refractivity contribution >= 4 is 17.4 Å². The number of Topliss-reactive ketones (excluding diaryl/α,β-unsaturated/α-hetero) is 1. The zero-order chi connectivity index (χ0) is 9.68. The number of ether oxygens (including phenoxy) is 1. The highest BCUT2D eigenvalue weighted by Crippen LogP contribution is 2.15. The summed E-state index contributed by atoms with van der Waals surface area (Å²) in [6.45, 7) is 2.02. The van der Waals surface area contributed by atoms with Crippen molar-refractivity contribution in [2.75, 3.05) is 6.61 Å². The van der Waals surface area contributed by atoms with Crippen molar-refractivity contribution in [1.82, 2.24) is 0 Å². The quantitative estimate of drug-likeness (QED) is 0.743. The van der Waals surface area contributed by atoms with Gasteiger partial charge >= 0.3 is 0 Å². The fourth-order valence-electron chi connectivity index (χ4n) is 0.920. The molecule has 0 aliphatic carbocycles. The molecule has 0 aliphatic rings. The minimum atomic E-state index is 0.0204.